The summed E-state index contributed by atoms with van der Waals surface area (Å²) in [6.45, 7) is 7.24. The first-order valence-corrected chi connectivity index (χ1v) is 7.57. The lowest BCUT2D eigenvalue weighted by Crippen LogP contribution is -2.21. The summed E-state index contributed by atoms with van der Waals surface area (Å²) in [5, 5.41) is 0. The summed E-state index contributed by atoms with van der Waals surface area (Å²) in [5.74, 6) is 0. The lowest BCUT2D eigenvalue weighted by Gasteiger charge is -2.20. The Balaban J connectivity index is 1.87. The van der Waals surface area contributed by atoms with E-state index in [1.807, 2.05) is 30.7 Å². The van der Waals surface area contributed by atoms with Crippen molar-refractivity contribution >= 4 is 11.9 Å². The molecule has 0 saturated heterocycles. The lowest BCUT2D eigenvalue weighted by atomic mass is 10.2. The SMILES string of the molecule is CCN(CC)c1ccc(C=NCCc2ccncc2)cc1. The van der Waals surface area contributed by atoms with Crippen LogP contribution in [0.25, 0.3) is 0 Å². The standard InChI is InChI=1S/C18H23N3/c1-3-21(4-2)18-7-5-17(6-8-18)15-20-14-11-16-9-12-19-13-10-16/h5-10,12-13,15H,3-4,11,14H2,1-2H3. The van der Waals surface area contributed by atoms with Crippen molar-refractivity contribution in [3.8, 4) is 0 Å². The summed E-state index contributed by atoms with van der Waals surface area (Å²) in [5.41, 5.74) is 3.70. The van der Waals surface area contributed by atoms with Crippen LogP contribution < -0.4 is 4.90 Å². The summed E-state index contributed by atoms with van der Waals surface area (Å²) < 4.78 is 0. The quantitative estimate of drug-likeness (QED) is 0.726. The number of hydrogen-bond donors (Lipinski definition) is 0. The molecule has 1 aromatic carbocycles. The van der Waals surface area contributed by atoms with Gasteiger partial charge in [-0.25, -0.2) is 0 Å². The van der Waals surface area contributed by atoms with Crippen LogP contribution in [0.2, 0.25) is 0 Å². The van der Waals surface area contributed by atoms with E-state index in [2.05, 4.69) is 53.0 Å². The van der Waals surface area contributed by atoms with E-state index in [9.17, 15) is 0 Å². The van der Waals surface area contributed by atoms with Crippen LogP contribution in [-0.2, 0) is 6.42 Å². The van der Waals surface area contributed by atoms with Crippen molar-refractivity contribution in [1.29, 1.82) is 0 Å². The molecular formula is C18H23N3. The fraction of sp³-hybridized carbons (Fsp3) is 0.333. The molecule has 1 heterocycles. The molecule has 2 aromatic rings. The monoisotopic (exact) mass is 281 g/mol. The van der Waals surface area contributed by atoms with E-state index in [0.29, 0.717) is 0 Å². The number of anilines is 1. The van der Waals surface area contributed by atoms with E-state index >= 15 is 0 Å². The average molecular weight is 281 g/mol. The van der Waals surface area contributed by atoms with Gasteiger partial charge in [0.05, 0.1) is 0 Å². The van der Waals surface area contributed by atoms with Gasteiger partial charge >= 0.3 is 0 Å². The number of hydrogen-bond acceptors (Lipinski definition) is 3. The molecule has 0 saturated carbocycles. The highest BCUT2D eigenvalue weighted by atomic mass is 15.1. The van der Waals surface area contributed by atoms with Crippen LogP contribution in [0.5, 0.6) is 0 Å². The summed E-state index contributed by atoms with van der Waals surface area (Å²) in [7, 11) is 0. The van der Waals surface area contributed by atoms with Crippen LogP contribution in [0, 0.1) is 0 Å². The second kappa shape index (κ2) is 8.20. The number of nitrogens with zero attached hydrogens (tertiary/aromatic N) is 3. The second-order valence-corrected chi connectivity index (χ2v) is 4.90. The predicted molar refractivity (Wildman–Crippen MR) is 90.4 cm³/mol. The van der Waals surface area contributed by atoms with Gasteiger partial charge in [-0.1, -0.05) is 12.1 Å². The molecule has 2 rings (SSSR count). The zero-order valence-corrected chi connectivity index (χ0v) is 12.9. The van der Waals surface area contributed by atoms with Crippen molar-refractivity contribution in [3.05, 3.63) is 59.9 Å². The summed E-state index contributed by atoms with van der Waals surface area (Å²) in [6, 6.07) is 12.7. The van der Waals surface area contributed by atoms with Gasteiger partial charge in [0.1, 0.15) is 0 Å². The summed E-state index contributed by atoms with van der Waals surface area (Å²) in [4.78, 5) is 10.8. The molecule has 0 amide bonds. The lowest BCUT2D eigenvalue weighted by molar-refractivity contribution is 0.866. The molecule has 0 bridgehead atoms. The van der Waals surface area contributed by atoms with Crippen LogP contribution in [0.15, 0.2) is 53.8 Å². The van der Waals surface area contributed by atoms with E-state index in [1.165, 1.54) is 11.3 Å². The number of benzene rings is 1. The molecule has 1 aromatic heterocycles. The first-order chi connectivity index (χ1) is 10.3. The highest BCUT2D eigenvalue weighted by molar-refractivity contribution is 5.80. The number of pyridine rings is 1. The molecule has 0 fully saturated rings. The molecule has 110 valence electrons. The van der Waals surface area contributed by atoms with Crippen LogP contribution >= 0.6 is 0 Å². The Kier molecular flexibility index (Phi) is 5.95. The third-order valence-electron chi connectivity index (χ3n) is 3.54. The Morgan fingerprint density at radius 1 is 1.00 bits per heavy atom. The Labute approximate surface area is 127 Å². The molecule has 0 unspecified atom stereocenters. The Hall–Kier alpha value is -2.16. The Morgan fingerprint density at radius 2 is 1.67 bits per heavy atom. The van der Waals surface area contributed by atoms with Gasteiger partial charge in [0.2, 0.25) is 0 Å². The maximum Gasteiger partial charge on any atom is 0.0429 e. The Morgan fingerprint density at radius 3 is 2.29 bits per heavy atom. The fourth-order valence-electron chi connectivity index (χ4n) is 2.27. The third-order valence-corrected chi connectivity index (χ3v) is 3.54. The largest absolute Gasteiger partial charge is 0.372 e. The van der Waals surface area contributed by atoms with Crippen molar-refractivity contribution in [3.63, 3.8) is 0 Å². The van der Waals surface area contributed by atoms with E-state index in [4.69, 9.17) is 0 Å². The first-order valence-electron chi connectivity index (χ1n) is 7.57. The van der Waals surface area contributed by atoms with Gasteiger partial charge in [0.15, 0.2) is 0 Å². The molecule has 0 spiro atoms. The highest BCUT2D eigenvalue weighted by Crippen LogP contribution is 2.14. The zero-order chi connectivity index (χ0) is 14.9. The minimum absolute atomic E-state index is 0.807. The number of aliphatic imine (C=N–C) groups is 1. The van der Waals surface area contributed by atoms with Gasteiger partial charge in [0, 0.05) is 43.9 Å². The van der Waals surface area contributed by atoms with Crippen LogP contribution in [0.3, 0.4) is 0 Å². The van der Waals surface area contributed by atoms with Gasteiger partial charge in [-0.05, 0) is 55.7 Å². The van der Waals surface area contributed by atoms with Crippen LogP contribution in [-0.4, -0.2) is 30.8 Å². The number of rotatable bonds is 7. The molecule has 0 aliphatic heterocycles. The maximum atomic E-state index is 4.49. The topological polar surface area (TPSA) is 28.5 Å². The normalized spacial score (nSPS) is 11.0. The first kappa shape index (κ1) is 15.2. The number of aromatic nitrogens is 1. The van der Waals surface area contributed by atoms with E-state index in [1.54, 1.807) is 0 Å². The van der Waals surface area contributed by atoms with Crippen LogP contribution in [0.4, 0.5) is 5.69 Å². The van der Waals surface area contributed by atoms with Gasteiger partial charge in [0.25, 0.3) is 0 Å². The highest BCUT2D eigenvalue weighted by Gasteiger charge is 2.00. The van der Waals surface area contributed by atoms with Crippen molar-refractivity contribution in [2.45, 2.75) is 20.3 Å². The predicted octanol–water partition coefficient (Wildman–Crippen LogP) is 3.59. The minimum atomic E-state index is 0.807. The molecule has 0 N–H and O–H groups in total. The van der Waals surface area contributed by atoms with Gasteiger partial charge in [-0.2, -0.15) is 0 Å². The Bertz CT molecular complexity index is 542. The maximum absolute atomic E-state index is 4.49. The van der Waals surface area contributed by atoms with Gasteiger partial charge in [-0.3, -0.25) is 9.98 Å². The molecule has 0 aliphatic rings. The fourth-order valence-corrected chi connectivity index (χ4v) is 2.27. The minimum Gasteiger partial charge on any atom is -0.372 e. The third kappa shape index (κ3) is 4.71. The summed E-state index contributed by atoms with van der Waals surface area (Å²) in [6.07, 6.45) is 6.56. The molecule has 0 radical (unpaired) electrons. The molecule has 3 heteroatoms. The van der Waals surface area contributed by atoms with Crippen molar-refractivity contribution in [2.24, 2.45) is 4.99 Å². The smallest absolute Gasteiger partial charge is 0.0429 e. The molecule has 0 atom stereocenters. The molecular weight excluding hydrogens is 258 g/mol. The van der Waals surface area contributed by atoms with Crippen molar-refractivity contribution < 1.29 is 0 Å². The zero-order valence-electron chi connectivity index (χ0n) is 12.9. The van der Waals surface area contributed by atoms with Crippen molar-refractivity contribution in [1.82, 2.24) is 4.98 Å². The average Bonchev–Trinajstić information content (AvgIpc) is 2.55. The van der Waals surface area contributed by atoms with E-state index in [-0.39, 0.29) is 0 Å². The summed E-state index contributed by atoms with van der Waals surface area (Å²) >= 11 is 0. The second-order valence-electron chi connectivity index (χ2n) is 4.90. The van der Waals surface area contributed by atoms with Gasteiger partial charge in [-0.15, -0.1) is 0 Å². The van der Waals surface area contributed by atoms with Gasteiger partial charge < -0.3 is 4.90 Å². The van der Waals surface area contributed by atoms with E-state index in [0.717, 1.165) is 31.6 Å². The van der Waals surface area contributed by atoms with Crippen LogP contribution in [0.1, 0.15) is 25.0 Å². The molecule has 0 aliphatic carbocycles. The molecule has 21 heavy (non-hydrogen) atoms. The van der Waals surface area contributed by atoms with Crippen molar-refractivity contribution in [2.75, 3.05) is 24.5 Å². The molecule has 3 nitrogen and oxygen atoms in total. The van der Waals surface area contributed by atoms with E-state index < -0.39 is 0 Å².